The first-order valence-electron chi connectivity index (χ1n) is 7.13. The standard InChI is InChI=1S/C18H15ClN2O2/c1-23-18(22)16-11-17(14-7-3-2-4-8-14)21(20-16)12-13-6-5-9-15(19)10-13/h2-11H,12H2,1H3. The summed E-state index contributed by atoms with van der Waals surface area (Å²) < 4.78 is 6.56. The van der Waals surface area contributed by atoms with E-state index in [1.165, 1.54) is 7.11 Å². The second-order valence-corrected chi connectivity index (χ2v) is 5.50. The van der Waals surface area contributed by atoms with Crippen LogP contribution in [0.2, 0.25) is 5.02 Å². The maximum Gasteiger partial charge on any atom is 0.358 e. The maximum absolute atomic E-state index is 11.8. The Kier molecular flexibility index (Phi) is 4.44. The molecule has 0 radical (unpaired) electrons. The van der Waals surface area contributed by atoms with Gasteiger partial charge in [0, 0.05) is 5.02 Å². The van der Waals surface area contributed by atoms with Crippen LogP contribution in [-0.2, 0) is 11.3 Å². The molecule has 0 aliphatic rings. The molecule has 0 amide bonds. The minimum absolute atomic E-state index is 0.286. The van der Waals surface area contributed by atoms with E-state index in [4.69, 9.17) is 16.3 Å². The molecule has 23 heavy (non-hydrogen) atoms. The second-order valence-electron chi connectivity index (χ2n) is 5.06. The van der Waals surface area contributed by atoms with Gasteiger partial charge in [0.1, 0.15) is 0 Å². The zero-order valence-corrected chi connectivity index (χ0v) is 13.3. The molecule has 0 aliphatic carbocycles. The van der Waals surface area contributed by atoms with E-state index in [0.29, 0.717) is 11.6 Å². The van der Waals surface area contributed by atoms with Gasteiger partial charge in [0.25, 0.3) is 0 Å². The van der Waals surface area contributed by atoms with Crippen molar-refractivity contribution in [2.24, 2.45) is 0 Å². The number of nitrogens with zero attached hydrogens (tertiary/aromatic N) is 2. The largest absolute Gasteiger partial charge is 0.464 e. The molecule has 116 valence electrons. The van der Waals surface area contributed by atoms with Gasteiger partial charge < -0.3 is 4.74 Å². The van der Waals surface area contributed by atoms with Crippen molar-refractivity contribution < 1.29 is 9.53 Å². The molecule has 1 aromatic heterocycles. The van der Waals surface area contributed by atoms with E-state index in [9.17, 15) is 4.79 Å². The normalized spacial score (nSPS) is 10.5. The molecule has 0 saturated heterocycles. The van der Waals surface area contributed by atoms with E-state index in [2.05, 4.69) is 5.10 Å². The van der Waals surface area contributed by atoms with E-state index >= 15 is 0 Å². The third-order valence-electron chi connectivity index (χ3n) is 3.47. The molecule has 0 aliphatic heterocycles. The Labute approximate surface area is 139 Å². The summed E-state index contributed by atoms with van der Waals surface area (Å²) in [7, 11) is 1.35. The van der Waals surface area contributed by atoms with Crippen molar-refractivity contribution in [1.82, 2.24) is 9.78 Å². The quantitative estimate of drug-likeness (QED) is 0.680. The van der Waals surface area contributed by atoms with Crippen LogP contribution in [0, 0.1) is 0 Å². The third kappa shape index (κ3) is 3.43. The summed E-state index contributed by atoms with van der Waals surface area (Å²) in [6.07, 6.45) is 0. The molecule has 0 N–H and O–H groups in total. The average Bonchev–Trinajstić information content (AvgIpc) is 2.99. The van der Waals surface area contributed by atoms with Gasteiger partial charge in [-0.15, -0.1) is 0 Å². The lowest BCUT2D eigenvalue weighted by Crippen LogP contribution is -2.07. The van der Waals surface area contributed by atoms with Crippen LogP contribution in [0.25, 0.3) is 11.3 Å². The van der Waals surface area contributed by atoms with Gasteiger partial charge in [0.15, 0.2) is 5.69 Å². The lowest BCUT2D eigenvalue weighted by molar-refractivity contribution is 0.0593. The number of esters is 1. The zero-order chi connectivity index (χ0) is 16.2. The minimum Gasteiger partial charge on any atom is -0.464 e. The summed E-state index contributed by atoms with van der Waals surface area (Å²) in [5.41, 5.74) is 3.13. The van der Waals surface area contributed by atoms with E-state index < -0.39 is 5.97 Å². The van der Waals surface area contributed by atoms with Crippen LogP contribution in [0.15, 0.2) is 60.7 Å². The van der Waals surface area contributed by atoms with E-state index in [1.807, 2.05) is 54.6 Å². The van der Waals surface area contributed by atoms with Crippen molar-refractivity contribution >= 4 is 17.6 Å². The molecular weight excluding hydrogens is 312 g/mol. The van der Waals surface area contributed by atoms with Crippen molar-refractivity contribution in [1.29, 1.82) is 0 Å². The Morgan fingerprint density at radius 1 is 1.13 bits per heavy atom. The predicted molar refractivity (Wildman–Crippen MR) is 89.6 cm³/mol. The lowest BCUT2D eigenvalue weighted by atomic mass is 10.1. The Hall–Kier alpha value is -2.59. The number of halogens is 1. The van der Waals surface area contributed by atoms with Gasteiger partial charge in [-0.2, -0.15) is 5.10 Å². The lowest BCUT2D eigenvalue weighted by Gasteiger charge is -2.08. The average molecular weight is 327 g/mol. The highest BCUT2D eigenvalue weighted by atomic mass is 35.5. The van der Waals surface area contributed by atoms with Crippen LogP contribution >= 0.6 is 11.6 Å². The minimum atomic E-state index is -0.452. The van der Waals surface area contributed by atoms with Gasteiger partial charge in [-0.25, -0.2) is 4.79 Å². The molecule has 0 saturated carbocycles. The van der Waals surface area contributed by atoms with Crippen LogP contribution in [0.5, 0.6) is 0 Å². The summed E-state index contributed by atoms with van der Waals surface area (Å²) in [5, 5.41) is 5.05. The van der Waals surface area contributed by atoms with Gasteiger partial charge >= 0.3 is 5.97 Å². The van der Waals surface area contributed by atoms with Crippen molar-refractivity contribution in [3.63, 3.8) is 0 Å². The SMILES string of the molecule is COC(=O)c1cc(-c2ccccc2)n(Cc2cccc(Cl)c2)n1. The van der Waals surface area contributed by atoms with Crippen molar-refractivity contribution in [2.75, 3.05) is 7.11 Å². The zero-order valence-electron chi connectivity index (χ0n) is 12.6. The van der Waals surface area contributed by atoms with Crippen molar-refractivity contribution in [3.05, 3.63) is 76.9 Å². The molecule has 3 aromatic rings. The molecule has 4 nitrogen and oxygen atoms in total. The van der Waals surface area contributed by atoms with Gasteiger partial charge in [-0.1, -0.05) is 54.1 Å². The number of ether oxygens (including phenoxy) is 1. The smallest absolute Gasteiger partial charge is 0.358 e. The number of benzene rings is 2. The molecule has 0 bridgehead atoms. The van der Waals surface area contributed by atoms with Crippen molar-refractivity contribution in [3.8, 4) is 11.3 Å². The van der Waals surface area contributed by atoms with Gasteiger partial charge in [0.05, 0.1) is 19.3 Å². The van der Waals surface area contributed by atoms with Crippen molar-refractivity contribution in [2.45, 2.75) is 6.54 Å². The van der Waals surface area contributed by atoms with Crippen LogP contribution in [0.3, 0.4) is 0 Å². The monoisotopic (exact) mass is 326 g/mol. The Morgan fingerprint density at radius 3 is 2.61 bits per heavy atom. The van der Waals surface area contributed by atoms with Crippen LogP contribution in [0.1, 0.15) is 16.1 Å². The van der Waals surface area contributed by atoms with E-state index in [-0.39, 0.29) is 5.69 Å². The summed E-state index contributed by atoms with van der Waals surface area (Å²) in [4.78, 5) is 11.8. The molecular formula is C18H15ClN2O2. The summed E-state index contributed by atoms with van der Waals surface area (Å²) in [6, 6.07) is 19.1. The van der Waals surface area contributed by atoms with Crippen LogP contribution < -0.4 is 0 Å². The molecule has 0 unspecified atom stereocenters. The Bertz CT molecular complexity index is 828. The van der Waals surface area contributed by atoms with Gasteiger partial charge in [-0.3, -0.25) is 4.68 Å². The summed E-state index contributed by atoms with van der Waals surface area (Å²) in [5.74, 6) is -0.452. The van der Waals surface area contributed by atoms with Gasteiger partial charge in [-0.05, 0) is 29.3 Å². The topological polar surface area (TPSA) is 44.1 Å². The fraction of sp³-hybridized carbons (Fsp3) is 0.111. The highest BCUT2D eigenvalue weighted by Crippen LogP contribution is 2.22. The molecule has 2 aromatic carbocycles. The second kappa shape index (κ2) is 6.67. The van der Waals surface area contributed by atoms with E-state index in [0.717, 1.165) is 16.8 Å². The predicted octanol–water partition coefficient (Wildman–Crippen LogP) is 4.04. The summed E-state index contributed by atoms with van der Waals surface area (Å²) in [6.45, 7) is 0.516. The number of carbonyl (C=O) groups excluding carboxylic acids is 1. The number of rotatable bonds is 4. The number of methoxy groups -OCH3 is 1. The molecule has 0 spiro atoms. The number of hydrogen-bond acceptors (Lipinski definition) is 3. The van der Waals surface area contributed by atoms with Crippen LogP contribution in [-0.4, -0.2) is 22.9 Å². The molecule has 0 fully saturated rings. The number of carbonyl (C=O) groups is 1. The molecule has 5 heteroatoms. The summed E-state index contributed by atoms with van der Waals surface area (Å²) >= 11 is 6.04. The number of aromatic nitrogens is 2. The Balaban J connectivity index is 2.03. The van der Waals surface area contributed by atoms with Gasteiger partial charge in [0.2, 0.25) is 0 Å². The van der Waals surface area contributed by atoms with Crippen LogP contribution in [0.4, 0.5) is 0 Å². The first kappa shape index (κ1) is 15.3. The fourth-order valence-corrected chi connectivity index (χ4v) is 2.60. The highest BCUT2D eigenvalue weighted by Gasteiger charge is 2.16. The molecule has 3 rings (SSSR count). The molecule has 1 heterocycles. The highest BCUT2D eigenvalue weighted by molar-refractivity contribution is 6.30. The third-order valence-corrected chi connectivity index (χ3v) is 3.70. The fourth-order valence-electron chi connectivity index (χ4n) is 2.39. The molecule has 0 atom stereocenters. The Morgan fingerprint density at radius 2 is 1.91 bits per heavy atom. The first-order valence-corrected chi connectivity index (χ1v) is 7.51. The maximum atomic E-state index is 11.8. The number of hydrogen-bond donors (Lipinski definition) is 0. The van der Waals surface area contributed by atoms with E-state index in [1.54, 1.807) is 10.7 Å². The first-order chi connectivity index (χ1) is 11.2.